The number of carbonyl (C=O) groups is 1. The van der Waals surface area contributed by atoms with Crippen molar-refractivity contribution in [1.82, 2.24) is 10.3 Å². The van der Waals surface area contributed by atoms with Gasteiger partial charge >= 0.3 is 6.18 Å². The molecule has 1 N–H and O–H groups in total. The fraction of sp³-hybridized carbons (Fsp3) is 0.429. The summed E-state index contributed by atoms with van der Waals surface area (Å²) < 4.78 is 49.4. The number of alkyl halides is 3. The van der Waals surface area contributed by atoms with Gasteiger partial charge in [0.25, 0.3) is 5.91 Å². The number of benzene rings is 1. The van der Waals surface area contributed by atoms with Crippen molar-refractivity contribution in [2.24, 2.45) is 5.92 Å². The maximum atomic E-state index is 12.7. The molecule has 0 saturated carbocycles. The summed E-state index contributed by atoms with van der Waals surface area (Å²) in [6.45, 7) is 2.44. The molecule has 0 unspecified atom stereocenters. The van der Waals surface area contributed by atoms with Gasteiger partial charge in [0.05, 0.1) is 18.8 Å². The molecule has 30 heavy (non-hydrogen) atoms. The molecule has 1 aliphatic rings. The molecule has 0 aliphatic carbocycles. The highest BCUT2D eigenvalue weighted by atomic mass is 79.9. The number of pyridine rings is 1. The van der Waals surface area contributed by atoms with Gasteiger partial charge in [-0.3, -0.25) is 9.78 Å². The maximum absolute atomic E-state index is 12.7. The van der Waals surface area contributed by atoms with Crippen LogP contribution >= 0.6 is 15.9 Å². The first-order valence-corrected chi connectivity index (χ1v) is 10.4. The van der Waals surface area contributed by atoms with E-state index in [4.69, 9.17) is 9.47 Å². The fourth-order valence-electron chi connectivity index (χ4n) is 3.04. The molecule has 162 valence electrons. The summed E-state index contributed by atoms with van der Waals surface area (Å²) in [5.41, 5.74) is 0.989. The molecular weight excluding hydrogens is 465 g/mol. The molecule has 1 saturated heterocycles. The number of amides is 1. The van der Waals surface area contributed by atoms with Crippen molar-refractivity contribution in [3.8, 4) is 0 Å². The van der Waals surface area contributed by atoms with E-state index in [0.717, 1.165) is 43.8 Å². The molecule has 2 aromatic rings. The quantitative estimate of drug-likeness (QED) is 0.614. The van der Waals surface area contributed by atoms with E-state index in [1.807, 2.05) is 0 Å². The lowest BCUT2D eigenvalue weighted by molar-refractivity contribution is -0.137. The van der Waals surface area contributed by atoms with Crippen LogP contribution in [0.2, 0.25) is 0 Å². The molecule has 0 bridgehead atoms. The largest absolute Gasteiger partial charge is 0.416 e. The van der Waals surface area contributed by atoms with Crippen LogP contribution in [0.4, 0.5) is 13.2 Å². The predicted molar refractivity (Wildman–Crippen MR) is 108 cm³/mol. The first-order chi connectivity index (χ1) is 14.3. The van der Waals surface area contributed by atoms with Gasteiger partial charge in [-0.15, -0.1) is 0 Å². The lowest BCUT2D eigenvalue weighted by Crippen LogP contribution is -2.32. The normalized spacial score (nSPS) is 15.2. The standard InChI is InChI=1S/C21H22BrF3N2O3/c22-18-9-17(21(23,24)25)3-2-16(18)13-30-12-15-1-4-19(26-11-15)20(28)27-10-14-5-7-29-8-6-14/h1-4,9,11,14H,5-8,10,12-13H2,(H,27,28). The van der Waals surface area contributed by atoms with Crippen molar-refractivity contribution in [3.63, 3.8) is 0 Å². The summed E-state index contributed by atoms with van der Waals surface area (Å²) in [4.78, 5) is 16.4. The van der Waals surface area contributed by atoms with Crippen LogP contribution in [0.25, 0.3) is 0 Å². The Bertz CT molecular complexity index is 854. The van der Waals surface area contributed by atoms with Crippen molar-refractivity contribution in [2.45, 2.75) is 32.2 Å². The summed E-state index contributed by atoms with van der Waals surface area (Å²) >= 11 is 3.15. The Kier molecular flexibility index (Phi) is 7.85. The summed E-state index contributed by atoms with van der Waals surface area (Å²) in [6.07, 6.45) is -0.935. The minimum absolute atomic E-state index is 0.145. The van der Waals surface area contributed by atoms with Crippen molar-refractivity contribution >= 4 is 21.8 Å². The minimum Gasteiger partial charge on any atom is -0.381 e. The van der Waals surface area contributed by atoms with Gasteiger partial charge in [0.2, 0.25) is 0 Å². The van der Waals surface area contributed by atoms with E-state index < -0.39 is 11.7 Å². The summed E-state index contributed by atoms with van der Waals surface area (Å²) in [6, 6.07) is 6.83. The molecule has 1 aromatic carbocycles. The number of hydrogen-bond acceptors (Lipinski definition) is 4. The van der Waals surface area contributed by atoms with E-state index in [2.05, 4.69) is 26.2 Å². The number of nitrogens with one attached hydrogen (secondary N) is 1. The number of nitrogens with zero attached hydrogens (tertiary/aromatic N) is 1. The topological polar surface area (TPSA) is 60.5 Å². The molecule has 1 fully saturated rings. The van der Waals surface area contributed by atoms with Gasteiger partial charge in [-0.25, -0.2) is 0 Å². The van der Waals surface area contributed by atoms with Crippen LogP contribution in [0.5, 0.6) is 0 Å². The molecule has 1 amide bonds. The lowest BCUT2D eigenvalue weighted by Gasteiger charge is -2.22. The molecule has 5 nitrogen and oxygen atoms in total. The minimum atomic E-state index is -4.38. The maximum Gasteiger partial charge on any atom is 0.416 e. The highest BCUT2D eigenvalue weighted by molar-refractivity contribution is 9.10. The van der Waals surface area contributed by atoms with Gasteiger partial charge in [-0.2, -0.15) is 13.2 Å². The Morgan fingerprint density at radius 2 is 1.97 bits per heavy atom. The first kappa shape index (κ1) is 22.7. The van der Waals surface area contributed by atoms with E-state index in [0.29, 0.717) is 28.2 Å². The number of halogens is 4. The highest BCUT2D eigenvalue weighted by Crippen LogP contribution is 2.32. The van der Waals surface area contributed by atoms with E-state index >= 15 is 0 Å². The molecule has 1 aromatic heterocycles. The average molecular weight is 487 g/mol. The van der Waals surface area contributed by atoms with E-state index in [9.17, 15) is 18.0 Å². The van der Waals surface area contributed by atoms with Crippen LogP contribution < -0.4 is 5.32 Å². The van der Waals surface area contributed by atoms with Gasteiger partial charge in [-0.1, -0.05) is 28.1 Å². The molecule has 2 heterocycles. The molecule has 0 atom stereocenters. The zero-order chi connectivity index (χ0) is 21.6. The Balaban J connectivity index is 1.46. The van der Waals surface area contributed by atoms with Gasteiger partial charge in [-0.05, 0) is 48.1 Å². The van der Waals surface area contributed by atoms with Crippen molar-refractivity contribution in [2.75, 3.05) is 19.8 Å². The van der Waals surface area contributed by atoms with Crippen molar-refractivity contribution in [1.29, 1.82) is 0 Å². The summed E-state index contributed by atoms with van der Waals surface area (Å²) in [5.74, 6) is 0.211. The number of aromatic nitrogens is 1. The van der Waals surface area contributed by atoms with Crippen LogP contribution in [0.1, 0.15) is 40.0 Å². The number of ether oxygens (including phenoxy) is 2. The first-order valence-electron chi connectivity index (χ1n) is 9.57. The molecule has 0 spiro atoms. The zero-order valence-electron chi connectivity index (χ0n) is 16.2. The third-order valence-electron chi connectivity index (χ3n) is 4.86. The Labute approximate surface area is 181 Å². The van der Waals surface area contributed by atoms with E-state index in [1.54, 1.807) is 18.3 Å². The third-order valence-corrected chi connectivity index (χ3v) is 5.59. The van der Waals surface area contributed by atoms with Crippen molar-refractivity contribution in [3.05, 3.63) is 63.4 Å². The average Bonchev–Trinajstić information content (AvgIpc) is 2.73. The Morgan fingerprint density at radius 3 is 2.60 bits per heavy atom. The van der Waals surface area contributed by atoms with E-state index in [1.165, 1.54) is 6.07 Å². The number of carbonyl (C=O) groups excluding carboxylic acids is 1. The van der Waals surface area contributed by atoms with Crippen LogP contribution in [-0.4, -0.2) is 30.6 Å². The zero-order valence-corrected chi connectivity index (χ0v) is 17.8. The van der Waals surface area contributed by atoms with Crippen LogP contribution in [0.3, 0.4) is 0 Å². The third kappa shape index (κ3) is 6.52. The molecule has 9 heteroatoms. The lowest BCUT2D eigenvalue weighted by atomic mass is 10.0. The number of rotatable bonds is 7. The van der Waals surface area contributed by atoms with Gasteiger partial charge in [0.1, 0.15) is 5.69 Å². The molecule has 0 radical (unpaired) electrons. The van der Waals surface area contributed by atoms with Crippen LogP contribution in [-0.2, 0) is 28.9 Å². The monoisotopic (exact) mass is 486 g/mol. The van der Waals surface area contributed by atoms with Gasteiger partial charge in [0.15, 0.2) is 0 Å². The summed E-state index contributed by atoms with van der Waals surface area (Å²) in [5, 5.41) is 2.90. The SMILES string of the molecule is O=C(NCC1CCOCC1)c1ccc(COCc2ccc(C(F)(F)F)cc2Br)cn1. The Morgan fingerprint density at radius 1 is 1.20 bits per heavy atom. The predicted octanol–water partition coefficient (Wildman–Crippen LogP) is 4.74. The fourth-order valence-corrected chi connectivity index (χ4v) is 3.54. The van der Waals surface area contributed by atoms with Gasteiger partial charge in [0, 0.05) is 30.4 Å². The smallest absolute Gasteiger partial charge is 0.381 e. The second kappa shape index (κ2) is 10.4. The molecule has 1 aliphatic heterocycles. The summed E-state index contributed by atoms with van der Waals surface area (Å²) in [7, 11) is 0. The van der Waals surface area contributed by atoms with Crippen LogP contribution in [0, 0.1) is 5.92 Å². The highest BCUT2D eigenvalue weighted by Gasteiger charge is 2.30. The molecule has 3 rings (SSSR count). The number of hydrogen-bond donors (Lipinski definition) is 1. The second-order valence-corrected chi connectivity index (χ2v) is 7.97. The molecular formula is C21H22BrF3N2O3. The van der Waals surface area contributed by atoms with Crippen molar-refractivity contribution < 1.29 is 27.4 Å². The van der Waals surface area contributed by atoms with Gasteiger partial charge < -0.3 is 14.8 Å². The second-order valence-electron chi connectivity index (χ2n) is 7.11. The Hall–Kier alpha value is -1.97. The van der Waals surface area contributed by atoms with E-state index in [-0.39, 0.29) is 19.1 Å². The van der Waals surface area contributed by atoms with Crippen LogP contribution in [0.15, 0.2) is 41.0 Å².